The Morgan fingerprint density at radius 2 is 2.28 bits per heavy atom. The molecule has 0 atom stereocenters. The Hall–Kier alpha value is -2.14. The van der Waals surface area contributed by atoms with Gasteiger partial charge in [-0.1, -0.05) is 24.8 Å². The maximum atomic E-state index is 10.9. The third kappa shape index (κ3) is 3.71. The Morgan fingerprint density at radius 3 is 2.89 bits per heavy atom. The molecule has 18 heavy (non-hydrogen) atoms. The summed E-state index contributed by atoms with van der Waals surface area (Å²) in [7, 11) is 1.50. The zero-order valence-electron chi connectivity index (χ0n) is 10.2. The molecule has 0 saturated carbocycles. The molecule has 96 valence electrons. The van der Waals surface area contributed by atoms with Crippen LogP contribution >= 0.6 is 0 Å². The van der Waals surface area contributed by atoms with Crippen LogP contribution in [0.3, 0.4) is 0 Å². The highest BCUT2D eigenvalue weighted by atomic mass is 16.6. The average Bonchev–Trinajstić information content (AvgIpc) is 2.36. The van der Waals surface area contributed by atoms with Gasteiger partial charge in [0, 0.05) is 13.2 Å². The van der Waals surface area contributed by atoms with E-state index in [1.54, 1.807) is 24.3 Å². The van der Waals surface area contributed by atoms with E-state index in [4.69, 9.17) is 9.47 Å². The third-order valence-corrected chi connectivity index (χ3v) is 2.23. The van der Waals surface area contributed by atoms with Crippen molar-refractivity contribution in [2.45, 2.75) is 6.61 Å². The predicted octanol–water partition coefficient (Wildman–Crippen LogP) is 2.91. The summed E-state index contributed by atoms with van der Waals surface area (Å²) >= 11 is 0. The van der Waals surface area contributed by atoms with Crippen LogP contribution in [-0.2, 0) is 16.1 Å². The number of ether oxygens (including phenoxy) is 2. The lowest BCUT2D eigenvalue weighted by Gasteiger charge is -2.05. The lowest BCUT2D eigenvalue weighted by atomic mass is 10.1. The van der Waals surface area contributed by atoms with E-state index in [9.17, 15) is 10.1 Å². The Balaban J connectivity index is 3.02. The molecule has 0 heterocycles. The smallest absolute Gasteiger partial charge is 0.275 e. The van der Waals surface area contributed by atoms with Gasteiger partial charge in [0.25, 0.3) is 5.69 Å². The van der Waals surface area contributed by atoms with Crippen LogP contribution in [0.2, 0.25) is 0 Å². The van der Waals surface area contributed by atoms with Gasteiger partial charge >= 0.3 is 0 Å². The van der Waals surface area contributed by atoms with Crippen LogP contribution < -0.4 is 0 Å². The molecule has 0 aromatic heterocycles. The quantitative estimate of drug-likeness (QED) is 0.245. The molecular weight excluding hydrogens is 234 g/mol. The van der Waals surface area contributed by atoms with Gasteiger partial charge in [-0.3, -0.25) is 10.1 Å². The Bertz CT molecular complexity index is 454. The van der Waals surface area contributed by atoms with E-state index >= 15 is 0 Å². The van der Waals surface area contributed by atoms with Crippen LogP contribution in [0, 0.1) is 10.1 Å². The molecule has 0 N–H and O–H groups in total. The van der Waals surface area contributed by atoms with Gasteiger partial charge in [0.2, 0.25) is 0 Å². The van der Waals surface area contributed by atoms with Crippen LogP contribution in [0.4, 0.5) is 5.69 Å². The molecule has 1 aromatic rings. The lowest BCUT2D eigenvalue weighted by molar-refractivity contribution is -0.385. The molecule has 5 nitrogen and oxygen atoms in total. The van der Waals surface area contributed by atoms with Crippen molar-refractivity contribution in [3.63, 3.8) is 0 Å². The van der Waals surface area contributed by atoms with Gasteiger partial charge in [-0.15, -0.1) is 0 Å². The standard InChI is InChI=1S/C13H15NO4/c1-3-8-18-9-7-11-5-4-6-13(14(15)16)12(11)10-17-2/h3-7,9H,1,8,10H2,2H3/b9-7+. The number of nitrogens with zero attached hydrogens (tertiary/aromatic N) is 1. The fourth-order valence-electron chi connectivity index (χ4n) is 1.47. The average molecular weight is 249 g/mol. The molecular formula is C13H15NO4. The third-order valence-electron chi connectivity index (χ3n) is 2.23. The zero-order chi connectivity index (χ0) is 13.4. The summed E-state index contributed by atoms with van der Waals surface area (Å²) in [5.41, 5.74) is 1.28. The van der Waals surface area contributed by atoms with Crippen molar-refractivity contribution in [2.75, 3.05) is 13.7 Å². The molecule has 0 unspecified atom stereocenters. The van der Waals surface area contributed by atoms with E-state index in [2.05, 4.69) is 6.58 Å². The fourth-order valence-corrected chi connectivity index (χ4v) is 1.47. The largest absolute Gasteiger partial charge is 0.497 e. The van der Waals surface area contributed by atoms with Crippen molar-refractivity contribution in [3.05, 3.63) is 58.4 Å². The molecule has 1 rings (SSSR count). The predicted molar refractivity (Wildman–Crippen MR) is 69.0 cm³/mol. The van der Waals surface area contributed by atoms with Crippen molar-refractivity contribution < 1.29 is 14.4 Å². The maximum absolute atomic E-state index is 10.9. The van der Waals surface area contributed by atoms with Gasteiger partial charge in [-0.2, -0.15) is 0 Å². The summed E-state index contributed by atoms with van der Waals surface area (Å²) in [6.45, 7) is 4.09. The van der Waals surface area contributed by atoms with E-state index in [0.29, 0.717) is 17.7 Å². The molecule has 1 aromatic carbocycles. The maximum Gasteiger partial charge on any atom is 0.275 e. The first-order valence-corrected chi connectivity index (χ1v) is 5.35. The number of hydrogen-bond acceptors (Lipinski definition) is 4. The van der Waals surface area contributed by atoms with Crippen molar-refractivity contribution in [2.24, 2.45) is 0 Å². The van der Waals surface area contributed by atoms with Crippen molar-refractivity contribution in [3.8, 4) is 0 Å². The number of methoxy groups -OCH3 is 1. The summed E-state index contributed by atoms with van der Waals surface area (Å²) < 4.78 is 10.1. The highest BCUT2D eigenvalue weighted by Crippen LogP contribution is 2.24. The van der Waals surface area contributed by atoms with Gasteiger partial charge in [0.1, 0.15) is 6.61 Å². The molecule has 0 amide bonds. The molecule has 0 aliphatic carbocycles. The molecule has 0 spiro atoms. The summed E-state index contributed by atoms with van der Waals surface area (Å²) in [5, 5.41) is 10.9. The van der Waals surface area contributed by atoms with Gasteiger partial charge in [0.05, 0.1) is 23.4 Å². The molecule has 5 heteroatoms. The van der Waals surface area contributed by atoms with Crippen LogP contribution in [0.1, 0.15) is 11.1 Å². The van der Waals surface area contributed by atoms with Gasteiger partial charge in [-0.25, -0.2) is 0 Å². The highest BCUT2D eigenvalue weighted by Gasteiger charge is 2.15. The van der Waals surface area contributed by atoms with Gasteiger partial charge < -0.3 is 9.47 Å². The second-order valence-electron chi connectivity index (χ2n) is 3.46. The summed E-state index contributed by atoms with van der Waals surface area (Å²) in [6, 6.07) is 4.86. The monoisotopic (exact) mass is 249 g/mol. The molecule has 0 aliphatic heterocycles. The first-order chi connectivity index (χ1) is 8.70. The van der Waals surface area contributed by atoms with Crippen LogP contribution in [-0.4, -0.2) is 18.6 Å². The minimum absolute atomic E-state index is 0.0442. The second-order valence-corrected chi connectivity index (χ2v) is 3.46. The summed E-state index contributed by atoms with van der Waals surface area (Å²) in [6.07, 6.45) is 4.78. The minimum Gasteiger partial charge on any atom is -0.497 e. The van der Waals surface area contributed by atoms with Crippen molar-refractivity contribution >= 4 is 11.8 Å². The van der Waals surface area contributed by atoms with Crippen LogP contribution in [0.25, 0.3) is 6.08 Å². The van der Waals surface area contributed by atoms with Crippen LogP contribution in [0.15, 0.2) is 37.1 Å². The Labute approximate surface area is 105 Å². The number of hydrogen-bond donors (Lipinski definition) is 0. The molecule has 0 saturated heterocycles. The van der Waals surface area contributed by atoms with Gasteiger partial charge in [0.15, 0.2) is 0 Å². The zero-order valence-corrected chi connectivity index (χ0v) is 10.2. The molecule has 0 aliphatic rings. The molecule has 0 fully saturated rings. The topological polar surface area (TPSA) is 61.6 Å². The summed E-state index contributed by atoms with van der Waals surface area (Å²) in [5.74, 6) is 0. The second kappa shape index (κ2) is 7.24. The number of rotatable bonds is 7. The summed E-state index contributed by atoms with van der Waals surface area (Å²) in [4.78, 5) is 10.5. The van der Waals surface area contributed by atoms with Crippen LogP contribution in [0.5, 0.6) is 0 Å². The number of nitro groups is 1. The Morgan fingerprint density at radius 1 is 1.50 bits per heavy atom. The van der Waals surface area contributed by atoms with E-state index in [1.165, 1.54) is 19.4 Å². The first-order valence-electron chi connectivity index (χ1n) is 5.35. The first kappa shape index (κ1) is 13.9. The Kier molecular flexibility index (Phi) is 5.60. The number of nitro benzene ring substituents is 1. The van der Waals surface area contributed by atoms with Crippen molar-refractivity contribution in [1.29, 1.82) is 0 Å². The highest BCUT2D eigenvalue weighted by molar-refractivity contribution is 5.59. The van der Waals surface area contributed by atoms with E-state index in [0.717, 1.165) is 0 Å². The van der Waals surface area contributed by atoms with E-state index < -0.39 is 4.92 Å². The normalized spacial score (nSPS) is 10.5. The van der Waals surface area contributed by atoms with E-state index in [1.807, 2.05) is 0 Å². The van der Waals surface area contributed by atoms with Crippen molar-refractivity contribution in [1.82, 2.24) is 0 Å². The molecule has 0 radical (unpaired) electrons. The van der Waals surface area contributed by atoms with Gasteiger partial charge in [-0.05, 0) is 11.6 Å². The van der Waals surface area contributed by atoms with E-state index in [-0.39, 0.29) is 12.3 Å². The number of benzene rings is 1. The fraction of sp³-hybridized carbons (Fsp3) is 0.231. The minimum atomic E-state index is -0.420. The lowest BCUT2D eigenvalue weighted by Crippen LogP contribution is -1.99. The molecule has 0 bridgehead atoms. The SMILES string of the molecule is C=CCO/C=C/c1cccc([N+](=O)[O-])c1COC.